The quantitative estimate of drug-likeness (QED) is 0.587. The number of benzene rings is 2. The fourth-order valence-corrected chi connectivity index (χ4v) is 3.07. The summed E-state index contributed by atoms with van der Waals surface area (Å²) in [5.74, 6) is -2.14. The molecular formula is C21H22BrFN2O4. The molecule has 8 heteroatoms. The highest BCUT2D eigenvalue weighted by Gasteiger charge is 2.27. The number of esters is 1. The van der Waals surface area contributed by atoms with E-state index in [2.05, 4.69) is 26.6 Å². The average molecular weight is 465 g/mol. The van der Waals surface area contributed by atoms with E-state index in [1.54, 1.807) is 6.07 Å². The molecule has 0 unspecified atom stereocenters. The van der Waals surface area contributed by atoms with E-state index in [0.717, 1.165) is 10.0 Å². The van der Waals surface area contributed by atoms with E-state index in [1.807, 2.05) is 24.3 Å². The molecule has 2 N–H and O–H groups in total. The van der Waals surface area contributed by atoms with Gasteiger partial charge in [-0.3, -0.25) is 9.59 Å². The lowest BCUT2D eigenvalue weighted by Gasteiger charge is -2.22. The van der Waals surface area contributed by atoms with Crippen LogP contribution in [-0.4, -0.2) is 37.0 Å². The predicted octanol–water partition coefficient (Wildman–Crippen LogP) is 2.54. The van der Waals surface area contributed by atoms with Crippen LogP contribution >= 0.6 is 15.9 Å². The minimum absolute atomic E-state index is 0.0513. The summed E-state index contributed by atoms with van der Waals surface area (Å²) in [4.78, 5) is 36.5. The van der Waals surface area contributed by atoms with Gasteiger partial charge in [0.05, 0.1) is 7.11 Å². The molecule has 0 aromatic heterocycles. The number of amides is 2. The van der Waals surface area contributed by atoms with Crippen LogP contribution in [0.25, 0.3) is 0 Å². The molecule has 6 nitrogen and oxygen atoms in total. The lowest BCUT2D eigenvalue weighted by Crippen LogP contribution is -2.53. The lowest BCUT2D eigenvalue weighted by atomic mass is 10.0. The van der Waals surface area contributed by atoms with Crippen molar-refractivity contribution in [2.24, 2.45) is 0 Å². The fraction of sp³-hybridized carbons (Fsp3) is 0.286. The molecule has 0 aliphatic rings. The minimum Gasteiger partial charge on any atom is -0.467 e. The van der Waals surface area contributed by atoms with Crippen molar-refractivity contribution >= 4 is 33.7 Å². The number of ether oxygens (including phenoxy) is 1. The lowest BCUT2D eigenvalue weighted by molar-refractivity contribution is -0.145. The Morgan fingerprint density at radius 1 is 1.00 bits per heavy atom. The zero-order valence-electron chi connectivity index (χ0n) is 16.1. The van der Waals surface area contributed by atoms with Gasteiger partial charge in [-0.2, -0.15) is 0 Å². The third-order valence-electron chi connectivity index (χ3n) is 4.23. The zero-order valence-corrected chi connectivity index (χ0v) is 17.7. The largest absolute Gasteiger partial charge is 0.467 e. The molecule has 0 fully saturated rings. The van der Waals surface area contributed by atoms with Gasteiger partial charge in [0.1, 0.15) is 17.9 Å². The number of nitrogens with one attached hydrogen (secondary N) is 2. The molecule has 2 rings (SSSR count). The van der Waals surface area contributed by atoms with E-state index in [9.17, 15) is 18.8 Å². The van der Waals surface area contributed by atoms with Crippen molar-refractivity contribution in [3.8, 4) is 0 Å². The first-order valence-electron chi connectivity index (χ1n) is 8.93. The highest BCUT2D eigenvalue weighted by Crippen LogP contribution is 2.13. The summed E-state index contributed by atoms with van der Waals surface area (Å²) in [6, 6.07) is 11.3. The Kier molecular flexibility index (Phi) is 8.33. The zero-order chi connectivity index (χ0) is 21.4. The van der Waals surface area contributed by atoms with Gasteiger partial charge in [-0.15, -0.1) is 0 Å². The second kappa shape index (κ2) is 10.7. The summed E-state index contributed by atoms with van der Waals surface area (Å²) < 4.78 is 19.7. The van der Waals surface area contributed by atoms with Crippen LogP contribution in [0.3, 0.4) is 0 Å². The highest BCUT2D eigenvalue weighted by molar-refractivity contribution is 9.10. The van der Waals surface area contributed by atoms with Gasteiger partial charge in [0.2, 0.25) is 11.8 Å². The van der Waals surface area contributed by atoms with Crippen molar-refractivity contribution in [1.29, 1.82) is 0 Å². The number of methoxy groups -OCH3 is 1. The Hall–Kier alpha value is -2.74. The smallest absolute Gasteiger partial charge is 0.328 e. The number of hydrogen-bond acceptors (Lipinski definition) is 4. The third kappa shape index (κ3) is 6.98. The Morgan fingerprint density at radius 3 is 2.24 bits per heavy atom. The van der Waals surface area contributed by atoms with Crippen molar-refractivity contribution in [3.05, 3.63) is 69.9 Å². The van der Waals surface area contributed by atoms with Gasteiger partial charge < -0.3 is 15.4 Å². The summed E-state index contributed by atoms with van der Waals surface area (Å²) >= 11 is 3.34. The van der Waals surface area contributed by atoms with Crippen LogP contribution in [0.4, 0.5) is 4.39 Å². The summed E-state index contributed by atoms with van der Waals surface area (Å²) in [7, 11) is 1.23. The number of carbonyl (C=O) groups excluding carboxylic acids is 3. The molecule has 154 valence electrons. The van der Waals surface area contributed by atoms with E-state index >= 15 is 0 Å². The van der Waals surface area contributed by atoms with Crippen molar-refractivity contribution < 1.29 is 23.5 Å². The van der Waals surface area contributed by atoms with Crippen LogP contribution in [-0.2, 0) is 32.0 Å². The van der Waals surface area contributed by atoms with Gasteiger partial charge >= 0.3 is 5.97 Å². The van der Waals surface area contributed by atoms with Crippen LogP contribution in [0.1, 0.15) is 18.1 Å². The first kappa shape index (κ1) is 22.5. The molecule has 2 amide bonds. The summed E-state index contributed by atoms with van der Waals surface area (Å²) in [5, 5.41) is 5.13. The van der Waals surface area contributed by atoms with Crippen LogP contribution in [0.15, 0.2) is 53.0 Å². The third-order valence-corrected chi connectivity index (χ3v) is 4.76. The molecule has 0 aliphatic carbocycles. The normalized spacial score (nSPS) is 12.6. The Morgan fingerprint density at radius 2 is 1.66 bits per heavy atom. The molecule has 0 heterocycles. The maximum absolute atomic E-state index is 14.0. The number of halogens is 2. The molecule has 0 aliphatic heterocycles. The van der Waals surface area contributed by atoms with Crippen LogP contribution < -0.4 is 10.6 Å². The SMILES string of the molecule is COC(=O)[C@@H](Cc1ccc(Br)cc1)NC(=O)[C@H](Cc1ccccc1F)NC(C)=O. The van der Waals surface area contributed by atoms with Crippen molar-refractivity contribution in [1.82, 2.24) is 10.6 Å². The molecule has 0 saturated carbocycles. The minimum atomic E-state index is -1.04. The number of rotatable bonds is 8. The van der Waals surface area contributed by atoms with Gasteiger partial charge in [0, 0.05) is 24.2 Å². The van der Waals surface area contributed by atoms with Crippen molar-refractivity contribution in [3.63, 3.8) is 0 Å². The second-order valence-electron chi connectivity index (χ2n) is 6.46. The van der Waals surface area contributed by atoms with Crippen LogP contribution in [0, 0.1) is 5.82 Å². The Balaban J connectivity index is 2.17. The molecule has 0 bridgehead atoms. The average Bonchev–Trinajstić information content (AvgIpc) is 2.69. The van der Waals surface area contributed by atoms with E-state index < -0.39 is 35.7 Å². The van der Waals surface area contributed by atoms with Crippen LogP contribution in [0.5, 0.6) is 0 Å². The standard InChI is InChI=1S/C21H22BrFN2O4/c1-13(26)24-18(12-15-5-3-4-6-17(15)23)20(27)25-19(21(28)29-2)11-14-7-9-16(22)10-8-14/h3-10,18-19H,11-12H2,1-2H3,(H,24,26)(H,25,27)/t18-,19+/m0/s1. The van der Waals surface area contributed by atoms with E-state index in [0.29, 0.717) is 0 Å². The molecule has 2 atom stereocenters. The molecule has 0 saturated heterocycles. The first-order valence-corrected chi connectivity index (χ1v) is 9.72. The van der Waals surface area contributed by atoms with Gasteiger partial charge in [-0.25, -0.2) is 9.18 Å². The molecule has 29 heavy (non-hydrogen) atoms. The predicted molar refractivity (Wildman–Crippen MR) is 110 cm³/mol. The molecule has 2 aromatic rings. The summed E-state index contributed by atoms with van der Waals surface area (Å²) in [6.07, 6.45) is 0.155. The fourth-order valence-electron chi connectivity index (χ4n) is 2.80. The molecule has 2 aromatic carbocycles. The van der Waals surface area contributed by atoms with E-state index in [-0.39, 0.29) is 18.4 Å². The van der Waals surface area contributed by atoms with Gasteiger partial charge in [-0.1, -0.05) is 46.3 Å². The van der Waals surface area contributed by atoms with Crippen LogP contribution in [0.2, 0.25) is 0 Å². The molecular weight excluding hydrogens is 443 g/mol. The Bertz CT molecular complexity index is 873. The van der Waals surface area contributed by atoms with E-state index in [4.69, 9.17) is 4.74 Å². The van der Waals surface area contributed by atoms with Gasteiger partial charge in [-0.05, 0) is 29.3 Å². The Labute approximate surface area is 177 Å². The van der Waals surface area contributed by atoms with Gasteiger partial charge in [0.25, 0.3) is 0 Å². The van der Waals surface area contributed by atoms with E-state index in [1.165, 1.54) is 32.2 Å². The second-order valence-corrected chi connectivity index (χ2v) is 7.38. The van der Waals surface area contributed by atoms with Gasteiger partial charge in [0.15, 0.2) is 0 Å². The first-order chi connectivity index (χ1) is 13.8. The highest BCUT2D eigenvalue weighted by atomic mass is 79.9. The number of carbonyl (C=O) groups is 3. The monoisotopic (exact) mass is 464 g/mol. The summed E-state index contributed by atoms with van der Waals surface area (Å²) in [6.45, 7) is 1.27. The maximum atomic E-state index is 14.0. The molecule has 0 radical (unpaired) electrons. The summed E-state index contributed by atoms with van der Waals surface area (Å²) in [5.41, 5.74) is 1.10. The maximum Gasteiger partial charge on any atom is 0.328 e. The number of hydrogen-bond donors (Lipinski definition) is 2. The van der Waals surface area contributed by atoms with Crippen molar-refractivity contribution in [2.75, 3.05) is 7.11 Å². The molecule has 0 spiro atoms. The van der Waals surface area contributed by atoms with Crippen molar-refractivity contribution in [2.45, 2.75) is 31.8 Å². The topological polar surface area (TPSA) is 84.5 Å².